The highest BCUT2D eigenvalue weighted by molar-refractivity contribution is 5.82. The van der Waals surface area contributed by atoms with Gasteiger partial charge in [0.15, 0.2) is 5.82 Å². The normalized spacial score (nSPS) is 21.5. The van der Waals surface area contributed by atoms with E-state index in [1.807, 2.05) is 20.8 Å². The second-order valence-electron chi connectivity index (χ2n) is 5.42. The predicted octanol–water partition coefficient (Wildman–Crippen LogP) is -0.0262. The van der Waals surface area contributed by atoms with E-state index in [-0.39, 0.29) is 11.9 Å². The molecule has 0 aliphatic carbocycles. The van der Waals surface area contributed by atoms with Crippen molar-refractivity contribution >= 4 is 5.91 Å². The summed E-state index contributed by atoms with van der Waals surface area (Å²) in [5, 5.41) is 6.75. The Morgan fingerprint density at radius 2 is 2.32 bits per heavy atom. The Labute approximate surface area is 112 Å². The highest BCUT2D eigenvalue weighted by atomic mass is 16.5. The number of nitrogens with zero attached hydrogens (tertiary/aromatic N) is 3. The Bertz CT molecular complexity index is 451. The zero-order valence-corrected chi connectivity index (χ0v) is 11.6. The molecule has 1 fully saturated rings. The van der Waals surface area contributed by atoms with Gasteiger partial charge in [-0.1, -0.05) is 12.1 Å². The lowest BCUT2D eigenvalue weighted by atomic mass is 10.1. The van der Waals surface area contributed by atoms with E-state index in [4.69, 9.17) is 10.3 Å². The number of piperazine rings is 1. The Balaban J connectivity index is 2.07. The number of nitrogens with one attached hydrogen (secondary N) is 1. The van der Waals surface area contributed by atoms with E-state index in [9.17, 15) is 4.79 Å². The van der Waals surface area contributed by atoms with Gasteiger partial charge in [-0.05, 0) is 20.3 Å². The smallest absolute Gasteiger partial charge is 0.240 e. The molecule has 1 aromatic rings. The van der Waals surface area contributed by atoms with Crippen LogP contribution in [0.5, 0.6) is 0 Å². The lowest BCUT2D eigenvalue weighted by Crippen LogP contribution is -2.54. The predicted molar refractivity (Wildman–Crippen MR) is 69.0 cm³/mol. The van der Waals surface area contributed by atoms with E-state index in [1.54, 1.807) is 0 Å². The van der Waals surface area contributed by atoms with Crippen molar-refractivity contribution in [3.05, 3.63) is 11.7 Å². The maximum atomic E-state index is 11.8. The molecule has 1 saturated heterocycles. The molecule has 1 unspecified atom stereocenters. The molecule has 1 aliphatic rings. The molecule has 0 aromatic carbocycles. The molecule has 0 saturated carbocycles. The summed E-state index contributed by atoms with van der Waals surface area (Å²) in [6.07, 6.45) is 0.759. The molecule has 0 radical (unpaired) electrons. The molecule has 0 spiro atoms. The van der Waals surface area contributed by atoms with E-state index in [0.29, 0.717) is 24.8 Å². The fourth-order valence-corrected chi connectivity index (χ4v) is 2.15. The van der Waals surface area contributed by atoms with Crippen LogP contribution in [0.15, 0.2) is 4.52 Å². The second-order valence-corrected chi connectivity index (χ2v) is 5.42. The van der Waals surface area contributed by atoms with Crippen LogP contribution in [0, 0.1) is 0 Å². The number of rotatable bonds is 4. The highest BCUT2D eigenvalue weighted by Gasteiger charge is 2.30. The van der Waals surface area contributed by atoms with Crippen LogP contribution in [-0.4, -0.2) is 40.1 Å². The summed E-state index contributed by atoms with van der Waals surface area (Å²) >= 11 is 0. The van der Waals surface area contributed by atoms with Crippen molar-refractivity contribution in [3.8, 4) is 0 Å². The van der Waals surface area contributed by atoms with Crippen molar-refractivity contribution in [1.82, 2.24) is 20.4 Å². The lowest BCUT2D eigenvalue weighted by Gasteiger charge is -2.33. The summed E-state index contributed by atoms with van der Waals surface area (Å²) < 4.78 is 5.21. The molecular formula is C12H21N5O2. The van der Waals surface area contributed by atoms with Crippen LogP contribution in [0.2, 0.25) is 0 Å². The van der Waals surface area contributed by atoms with Gasteiger partial charge in [-0.15, -0.1) is 0 Å². The van der Waals surface area contributed by atoms with Crippen molar-refractivity contribution in [2.45, 2.75) is 45.3 Å². The van der Waals surface area contributed by atoms with Crippen molar-refractivity contribution in [1.29, 1.82) is 0 Å². The zero-order valence-electron chi connectivity index (χ0n) is 11.6. The number of amides is 1. The fourth-order valence-electron chi connectivity index (χ4n) is 2.15. The Hall–Kier alpha value is -1.47. The molecule has 1 amide bonds. The first-order valence-electron chi connectivity index (χ1n) is 6.55. The monoisotopic (exact) mass is 267 g/mol. The van der Waals surface area contributed by atoms with Gasteiger partial charge >= 0.3 is 0 Å². The number of carbonyl (C=O) groups excluding carboxylic acids is 1. The second kappa shape index (κ2) is 5.26. The number of hydrogen-bond acceptors (Lipinski definition) is 6. The number of aromatic nitrogens is 2. The number of carbonyl (C=O) groups is 1. The molecule has 106 valence electrons. The highest BCUT2D eigenvalue weighted by Crippen LogP contribution is 2.16. The maximum absolute atomic E-state index is 11.8. The summed E-state index contributed by atoms with van der Waals surface area (Å²) in [5.74, 6) is 1.05. The van der Waals surface area contributed by atoms with Crippen molar-refractivity contribution in [2.24, 2.45) is 5.73 Å². The van der Waals surface area contributed by atoms with Crippen LogP contribution >= 0.6 is 0 Å². The quantitative estimate of drug-likeness (QED) is 0.795. The standard InChI is InChI=1S/C12H21N5O2/c1-4-8-10(18)14-5-6-17(8)7-9-15-11(16-19-9)12(2,3)13/h8H,4-7,13H2,1-3H3,(H,14,18). The third kappa shape index (κ3) is 3.10. The van der Waals surface area contributed by atoms with E-state index >= 15 is 0 Å². The van der Waals surface area contributed by atoms with Crippen LogP contribution in [0.1, 0.15) is 38.9 Å². The third-order valence-corrected chi connectivity index (χ3v) is 3.21. The number of nitrogens with two attached hydrogens (primary N) is 1. The molecule has 2 heterocycles. The van der Waals surface area contributed by atoms with Gasteiger partial charge in [0.25, 0.3) is 0 Å². The van der Waals surface area contributed by atoms with Gasteiger partial charge in [0.05, 0.1) is 18.1 Å². The molecule has 3 N–H and O–H groups in total. The first kappa shape index (κ1) is 14.0. The molecule has 7 heteroatoms. The molecular weight excluding hydrogens is 246 g/mol. The third-order valence-electron chi connectivity index (χ3n) is 3.21. The van der Waals surface area contributed by atoms with Crippen LogP contribution in [0.4, 0.5) is 0 Å². The fraction of sp³-hybridized carbons (Fsp3) is 0.750. The van der Waals surface area contributed by atoms with Gasteiger partial charge in [-0.3, -0.25) is 9.69 Å². The Morgan fingerprint density at radius 3 is 2.89 bits per heavy atom. The topological polar surface area (TPSA) is 97.3 Å². The first-order chi connectivity index (χ1) is 8.91. The molecule has 1 aliphatic heterocycles. The molecule has 1 aromatic heterocycles. The Kier molecular flexibility index (Phi) is 3.86. The Morgan fingerprint density at radius 1 is 1.58 bits per heavy atom. The van der Waals surface area contributed by atoms with E-state index in [1.165, 1.54) is 0 Å². The summed E-state index contributed by atoms with van der Waals surface area (Å²) in [7, 11) is 0. The molecule has 1 atom stereocenters. The average Bonchev–Trinajstić information content (AvgIpc) is 2.77. The van der Waals surface area contributed by atoms with Gasteiger partial charge in [0.1, 0.15) is 0 Å². The van der Waals surface area contributed by atoms with Gasteiger partial charge in [-0.25, -0.2) is 0 Å². The molecule has 2 rings (SSSR count). The summed E-state index contributed by atoms with van der Waals surface area (Å²) in [5.41, 5.74) is 5.30. The van der Waals surface area contributed by atoms with Crippen molar-refractivity contribution in [3.63, 3.8) is 0 Å². The maximum Gasteiger partial charge on any atom is 0.240 e. The van der Waals surface area contributed by atoms with Crippen LogP contribution < -0.4 is 11.1 Å². The molecule has 7 nitrogen and oxygen atoms in total. The largest absolute Gasteiger partial charge is 0.353 e. The zero-order chi connectivity index (χ0) is 14.0. The number of hydrogen-bond donors (Lipinski definition) is 2. The van der Waals surface area contributed by atoms with Gasteiger partial charge < -0.3 is 15.6 Å². The minimum absolute atomic E-state index is 0.0626. The van der Waals surface area contributed by atoms with Crippen LogP contribution in [-0.2, 0) is 16.9 Å². The van der Waals surface area contributed by atoms with Gasteiger partial charge in [0.2, 0.25) is 11.8 Å². The van der Waals surface area contributed by atoms with Gasteiger partial charge in [0, 0.05) is 13.1 Å². The van der Waals surface area contributed by atoms with Crippen LogP contribution in [0.25, 0.3) is 0 Å². The molecule has 19 heavy (non-hydrogen) atoms. The van der Waals surface area contributed by atoms with E-state index in [2.05, 4.69) is 20.4 Å². The molecule has 0 bridgehead atoms. The van der Waals surface area contributed by atoms with E-state index in [0.717, 1.165) is 13.0 Å². The average molecular weight is 267 g/mol. The first-order valence-corrected chi connectivity index (χ1v) is 6.55. The SMILES string of the molecule is CCC1C(=O)NCCN1Cc1nc(C(C)(C)N)no1. The summed E-state index contributed by atoms with van der Waals surface area (Å²) in [4.78, 5) is 18.1. The van der Waals surface area contributed by atoms with E-state index < -0.39 is 5.54 Å². The minimum Gasteiger partial charge on any atom is -0.353 e. The lowest BCUT2D eigenvalue weighted by molar-refractivity contribution is -0.129. The summed E-state index contributed by atoms with van der Waals surface area (Å²) in [6.45, 7) is 7.56. The van der Waals surface area contributed by atoms with Crippen molar-refractivity contribution in [2.75, 3.05) is 13.1 Å². The minimum atomic E-state index is -0.620. The van der Waals surface area contributed by atoms with Crippen molar-refractivity contribution < 1.29 is 9.32 Å². The van der Waals surface area contributed by atoms with Crippen LogP contribution in [0.3, 0.4) is 0 Å². The summed E-state index contributed by atoms with van der Waals surface area (Å²) in [6, 6.07) is -0.130. The van der Waals surface area contributed by atoms with Gasteiger partial charge in [-0.2, -0.15) is 4.98 Å².